The van der Waals surface area contributed by atoms with E-state index in [0.717, 1.165) is 17.2 Å². The molecular formula is C11H10O3. The summed E-state index contributed by atoms with van der Waals surface area (Å²) >= 11 is 0. The topological polar surface area (TPSA) is 39.4 Å². The number of ether oxygens (including phenoxy) is 1. The Morgan fingerprint density at radius 1 is 1.50 bits per heavy atom. The first-order valence-corrected chi connectivity index (χ1v) is 4.33. The van der Waals surface area contributed by atoms with Crippen LogP contribution in [0.3, 0.4) is 0 Å². The highest BCUT2D eigenvalue weighted by Gasteiger charge is 2.08. The predicted molar refractivity (Wildman–Crippen MR) is 52.5 cm³/mol. The second-order valence-electron chi connectivity index (χ2n) is 2.97. The Bertz CT molecular complexity index is 457. The van der Waals surface area contributed by atoms with Crippen LogP contribution in [0.25, 0.3) is 11.0 Å². The second-order valence-corrected chi connectivity index (χ2v) is 2.97. The maximum Gasteiger partial charge on any atom is 0.175 e. The highest BCUT2D eigenvalue weighted by molar-refractivity contribution is 5.87. The minimum absolute atomic E-state index is 0.375. The van der Waals surface area contributed by atoms with Gasteiger partial charge in [-0.25, -0.2) is 0 Å². The van der Waals surface area contributed by atoms with Crippen LogP contribution in [0.15, 0.2) is 28.9 Å². The van der Waals surface area contributed by atoms with Crippen LogP contribution in [0.2, 0.25) is 0 Å². The summed E-state index contributed by atoms with van der Waals surface area (Å²) in [5.41, 5.74) is 1.60. The smallest absolute Gasteiger partial charge is 0.175 e. The van der Waals surface area contributed by atoms with E-state index in [1.807, 2.05) is 18.2 Å². The second kappa shape index (κ2) is 3.54. The maximum atomic E-state index is 10.4. The first kappa shape index (κ1) is 8.81. The number of benzene rings is 1. The molecule has 0 bridgehead atoms. The number of furan rings is 1. The average Bonchev–Trinajstić information content (AvgIpc) is 2.62. The lowest BCUT2D eigenvalue weighted by molar-refractivity contribution is -0.107. The molecule has 1 aromatic carbocycles. The van der Waals surface area contributed by atoms with Gasteiger partial charge in [0.15, 0.2) is 11.3 Å². The van der Waals surface area contributed by atoms with Crippen LogP contribution in [0.4, 0.5) is 0 Å². The van der Waals surface area contributed by atoms with E-state index < -0.39 is 0 Å². The Balaban J connectivity index is 2.63. The van der Waals surface area contributed by atoms with Gasteiger partial charge >= 0.3 is 0 Å². The predicted octanol–water partition coefficient (Wildman–Crippen LogP) is 2.18. The summed E-state index contributed by atoms with van der Waals surface area (Å²) < 4.78 is 10.5. The molecule has 0 N–H and O–H groups in total. The van der Waals surface area contributed by atoms with Gasteiger partial charge in [-0.05, 0) is 6.07 Å². The van der Waals surface area contributed by atoms with E-state index in [9.17, 15) is 4.79 Å². The molecule has 0 spiro atoms. The van der Waals surface area contributed by atoms with Crippen molar-refractivity contribution in [2.45, 2.75) is 6.42 Å². The molecule has 0 aliphatic rings. The molecule has 2 rings (SSSR count). The van der Waals surface area contributed by atoms with Gasteiger partial charge in [0.1, 0.15) is 6.29 Å². The molecule has 72 valence electrons. The van der Waals surface area contributed by atoms with Crippen molar-refractivity contribution in [1.29, 1.82) is 0 Å². The van der Waals surface area contributed by atoms with Gasteiger partial charge in [-0.2, -0.15) is 0 Å². The minimum Gasteiger partial charge on any atom is -0.493 e. The molecule has 0 aliphatic heterocycles. The minimum atomic E-state index is 0.375. The molecule has 14 heavy (non-hydrogen) atoms. The number of hydrogen-bond acceptors (Lipinski definition) is 3. The highest BCUT2D eigenvalue weighted by Crippen LogP contribution is 2.29. The number of para-hydroxylation sites is 1. The Morgan fingerprint density at radius 3 is 3.07 bits per heavy atom. The first-order chi connectivity index (χ1) is 6.86. The van der Waals surface area contributed by atoms with Gasteiger partial charge in [0.2, 0.25) is 0 Å². The lowest BCUT2D eigenvalue weighted by Gasteiger charge is -1.98. The van der Waals surface area contributed by atoms with Crippen molar-refractivity contribution in [2.75, 3.05) is 7.11 Å². The van der Waals surface area contributed by atoms with Gasteiger partial charge in [-0.1, -0.05) is 12.1 Å². The van der Waals surface area contributed by atoms with Crippen LogP contribution in [-0.4, -0.2) is 13.4 Å². The fourth-order valence-electron chi connectivity index (χ4n) is 1.49. The van der Waals surface area contributed by atoms with E-state index in [0.29, 0.717) is 17.8 Å². The van der Waals surface area contributed by atoms with E-state index in [4.69, 9.17) is 9.15 Å². The summed E-state index contributed by atoms with van der Waals surface area (Å²) in [5, 5.41) is 0.941. The number of methoxy groups -OCH3 is 1. The molecule has 3 nitrogen and oxygen atoms in total. The van der Waals surface area contributed by atoms with E-state index in [-0.39, 0.29) is 0 Å². The van der Waals surface area contributed by atoms with Crippen LogP contribution >= 0.6 is 0 Å². The number of carbonyl (C=O) groups excluding carboxylic acids is 1. The van der Waals surface area contributed by atoms with Crippen molar-refractivity contribution in [2.24, 2.45) is 0 Å². The molecule has 0 amide bonds. The van der Waals surface area contributed by atoms with Crippen LogP contribution in [-0.2, 0) is 11.2 Å². The van der Waals surface area contributed by atoms with Gasteiger partial charge in [0, 0.05) is 17.4 Å². The molecule has 0 fully saturated rings. The van der Waals surface area contributed by atoms with Gasteiger partial charge in [0.05, 0.1) is 13.4 Å². The van der Waals surface area contributed by atoms with Crippen LogP contribution in [0, 0.1) is 0 Å². The molecule has 0 saturated carbocycles. The van der Waals surface area contributed by atoms with Crippen LogP contribution in [0.5, 0.6) is 5.75 Å². The normalized spacial score (nSPS) is 10.4. The summed E-state index contributed by atoms with van der Waals surface area (Å²) in [5.74, 6) is 0.694. The molecule has 0 unspecified atom stereocenters. The van der Waals surface area contributed by atoms with Crippen molar-refractivity contribution < 1.29 is 13.9 Å². The summed E-state index contributed by atoms with van der Waals surface area (Å²) in [6.45, 7) is 0. The Kier molecular flexibility index (Phi) is 2.23. The third kappa shape index (κ3) is 1.27. The third-order valence-electron chi connectivity index (χ3n) is 2.17. The average molecular weight is 190 g/mol. The molecule has 0 saturated heterocycles. The molecule has 3 heteroatoms. The van der Waals surface area contributed by atoms with Crippen molar-refractivity contribution >= 4 is 17.3 Å². The first-order valence-electron chi connectivity index (χ1n) is 4.33. The van der Waals surface area contributed by atoms with E-state index in [1.54, 1.807) is 13.4 Å². The standard InChI is InChI=1S/C11H10O3/c1-13-10-4-2-3-9-8(5-6-12)7-14-11(9)10/h2-4,6-7H,5H2,1H3. The van der Waals surface area contributed by atoms with Crippen molar-refractivity contribution in [3.8, 4) is 5.75 Å². The van der Waals surface area contributed by atoms with Crippen molar-refractivity contribution in [3.63, 3.8) is 0 Å². The lowest BCUT2D eigenvalue weighted by atomic mass is 10.1. The number of hydrogen-bond donors (Lipinski definition) is 0. The zero-order valence-corrected chi connectivity index (χ0v) is 7.82. The third-order valence-corrected chi connectivity index (χ3v) is 2.17. The van der Waals surface area contributed by atoms with Gasteiger partial charge in [-0.15, -0.1) is 0 Å². The van der Waals surface area contributed by atoms with E-state index >= 15 is 0 Å². The zero-order valence-electron chi connectivity index (χ0n) is 7.82. The van der Waals surface area contributed by atoms with Gasteiger partial charge in [-0.3, -0.25) is 0 Å². The molecule has 2 aromatic rings. The fourth-order valence-corrected chi connectivity index (χ4v) is 1.49. The van der Waals surface area contributed by atoms with Gasteiger partial charge in [0.25, 0.3) is 0 Å². The van der Waals surface area contributed by atoms with Crippen molar-refractivity contribution in [3.05, 3.63) is 30.0 Å². The van der Waals surface area contributed by atoms with Crippen LogP contribution < -0.4 is 4.74 Å². The molecule has 0 atom stereocenters. The Hall–Kier alpha value is -1.77. The SMILES string of the molecule is COc1cccc2c(CC=O)coc12. The summed E-state index contributed by atoms with van der Waals surface area (Å²) in [4.78, 5) is 10.4. The largest absolute Gasteiger partial charge is 0.493 e. The van der Waals surface area contributed by atoms with E-state index in [1.165, 1.54) is 0 Å². The number of rotatable bonds is 3. The maximum absolute atomic E-state index is 10.4. The lowest BCUT2D eigenvalue weighted by Crippen LogP contribution is -1.84. The monoisotopic (exact) mass is 190 g/mol. The number of fused-ring (bicyclic) bond motifs is 1. The fraction of sp³-hybridized carbons (Fsp3) is 0.182. The quantitative estimate of drug-likeness (QED) is 0.696. The number of carbonyl (C=O) groups is 1. The Morgan fingerprint density at radius 2 is 2.36 bits per heavy atom. The van der Waals surface area contributed by atoms with Gasteiger partial charge < -0.3 is 13.9 Å². The van der Waals surface area contributed by atoms with Crippen molar-refractivity contribution in [1.82, 2.24) is 0 Å². The molecule has 0 radical (unpaired) electrons. The molecule has 1 heterocycles. The summed E-state index contributed by atoms with van der Waals surface area (Å²) in [6, 6.07) is 5.63. The van der Waals surface area contributed by atoms with Crippen LogP contribution in [0.1, 0.15) is 5.56 Å². The highest BCUT2D eigenvalue weighted by atomic mass is 16.5. The Labute approximate surface area is 81.3 Å². The zero-order chi connectivity index (χ0) is 9.97. The summed E-state index contributed by atoms with van der Waals surface area (Å²) in [7, 11) is 1.59. The van der Waals surface area contributed by atoms with E-state index in [2.05, 4.69) is 0 Å². The number of aldehydes is 1. The molecule has 1 aromatic heterocycles. The molecular weight excluding hydrogens is 180 g/mol. The molecule has 0 aliphatic carbocycles. The summed E-state index contributed by atoms with van der Waals surface area (Å²) in [6.07, 6.45) is 2.84.